The lowest BCUT2D eigenvalue weighted by Crippen LogP contribution is -1.95. The maximum atomic E-state index is 5.31. The summed E-state index contributed by atoms with van der Waals surface area (Å²) in [7, 11) is 0. The molecule has 6 heteroatoms. The average Bonchev–Trinajstić information content (AvgIpc) is 3.30. The van der Waals surface area contributed by atoms with Gasteiger partial charge in [0.05, 0.1) is 11.9 Å². The molecule has 1 aromatic carbocycles. The highest BCUT2D eigenvalue weighted by Gasteiger charge is 2.10. The second kappa shape index (κ2) is 5.57. The van der Waals surface area contributed by atoms with Gasteiger partial charge in [-0.1, -0.05) is 29.4 Å². The second-order valence-electron chi connectivity index (χ2n) is 4.87. The van der Waals surface area contributed by atoms with Gasteiger partial charge >= 0.3 is 0 Å². The monoisotopic (exact) mass is 308 g/mol. The molecule has 0 aliphatic rings. The Morgan fingerprint density at radius 1 is 1.09 bits per heavy atom. The minimum absolute atomic E-state index is 0.554. The van der Waals surface area contributed by atoms with E-state index in [-0.39, 0.29) is 0 Å². The Morgan fingerprint density at radius 2 is 2.00 bits per heavy atom. The zero-order chi connectivity index (χ0) is 14.8. The molecule has 0 aliphatic heterocycles. The van der Waals surface area contributed by atoms with E-state index in [1.165, 1.54) is 5.56 Å². The van der Waals surface area contributed by atoms with Crippen molar-refractivity contribution >= 4 is 11.3 Å². The summed E-state index contributed by atoms with van der Waals surface area (Å²) in [4.78, 5) is 8.48. The van der Waals surface area contributed by atoms with Crippen molar-refractivity contribution in [3.63, 3.8) is 0 Å². The molecule has 0 saturated carbocycles. The standard InChI is InChI=1S/C16H12N4OS/c1-3-13(4-2-12(1)9-20-7-6-17-11-20)15-18-16(21-19-15)14-5-8-22-10-14/h1-8,10-11H,9H2. The van der Waals surface area contributed by atoms with E-state index in [2.05, 4.69) is 27.3 Å². The molecule has 0 aliphatic carbocycles. The summed E-state index contributed by atoms with van der Waals surface area (Å²) in [6.45, 7) is 0.798. The van der Waals surface area contributed by atoms with Crippen molar-refractivity contribution in [2.75, 3.05) is 0 Å². The lowest BCUT2D eigenvalue weighted by molar-refractivity contribution is 0.432. The number of hydrogen-bond acceptors (Lipinski definition) is 5. The Bertz CT molecular complexity index is 848. The molecule has 3 aromatic heterocycles. The molecule has 0 saturated heterocycles. The molecule has 22 heavy (non-hydrogen) atoms. The van der Waals surface area contributed by atoms with Gasteiger partial charge < -0.3 is 9.09 Å². The first kappa shape index (κ1) is 13.0. The lowest BCUT2D eigenvalue weighted by atomic mass is 10.1. The molecule has 0 atom stereocenters. The first-order chi connectivity index (χ1) is 10.9. The summed E-state index contributed by atoms with van der Waals surface area (Å²) in [6, 6.07) is 10.1. The van der Waals surface area contributed by atoms with Crippen molar-refractivity contribution in [3.8, 4) is 22.8 Å². The van der Waals surface area contributed by atoms with Crippen LogP contribution < -0.4 is 0 Å². The number of thiophene rings is 1. The van der Waals surface area contributed by atoms with E-state index in [9.17, 15) is 0 Å². The quantitative estimate of drug-likeness (QED) is 0.576. The predicted molar refractivity (Wildman–Crippen MR) is 84.4 cm³/mol. The molecule has 0 fully saturated rings. The van der Waals surface area contributed by atoms with Crippen LogP contribution in [0.4, 0.5) is 0 Å². The fourth-order valence-electron chi connectivity index (χ4n) is 2.19. The van der Waals surface area contributed by atoms with E-state index in [1.807, 2.05) is 39.7 Å². The molecule has 0 unspecified atom stereocenters. The van der Waals surface area contributed by atoms with Gasteiger partial charge in [0, 0.05) is 29.9 Å². The number of rotatable bonds is 4. The zero-order valence-electron chi connectivity index (χ0n) is 11.6. The number of hydrogen-bond donors (Lipinski definition) is 0. The van der Waals surface area contributed by atoms with Crippen LogP contribution in [0.15, 0.2) is 64.3 Å². The van der Waals surface area contributed by atoms with Crippen LogP contribution in [0.5, 0.6) is 0 Å². The average molecular weight is 308 g/mol. The largest absolute Gasteiger partial charge is 0.334 e. The van der Waals surface area contributed by atoms with Crippen LogP contribution in [0.2, 0.25) is 0 Å². The van der Waals surface area contributed by atoms with Gasteiger partial charge in [-0.3, -0.25) is 0 Å². The molecule has 4 rings (SSSR count). The molecule has 3 heterocycles. The second-order valence-corrected chi connectivity index (χ2v) is 5.65. The molecular weight excluding hydrogens is 296 g/mol. The summed E-state index contributed by atoms with van der Waals surface area (Å²) in [5, 5.41) is 8.03. The molecule has 0 bridgehead atoms. The first-order valence-corrected chi connectivity index (χ1v) is 7.74. The Labute approximate surface area is 130 Å². The summed E-state index contributed by atoms with van der Waals surface area (Å²) >= 11 is 1.61. The van der Waals surface area contributed by atoms with Crippen LogP contribution in [0, 0.1) is 0 Å². The minimum Gasteiger partial charge on any atom is -0.334 e. The Morgan fingerprint density at radius 3 is 2.73 bits per heavy atom. The molecule has 0 amide bonds. The third-order valence-electron chi connectivity index (χ3n) is 3.33. The van der Waals surface area contributed by atoms with Crippen molar-refractivity contribution in [1.29, 1.82) is 0 Å². The SMILES string of the molecule is c1cn(Cc2ccc(-c3noc(-c4ccsc4)n3)cc2)cn1. The van der Waals surface area contributed by atoms with Gasteiger partial charge in [-0.2, -0.15) is 16.3 Å². The number of nitrogens with zero attached hydrogens (tertiary/aromatic N) is 4. The van der Waals surface area contributed by atoms with Gasteiger partial charge in [-0.05, 0) is 17.0 Å². The number of benzene rings is 1. The van der Waals surface area contributed by atoms with Crippen LogP contribution in [0.1, 0.15) is 5.56 Å². The summed E-state index contributed by atoms with van der Waals surface area (Å²) < 4.78 is 7.34. The third kappa shape index (κ3) is 2.56. The van der Waals surface area contributed by atoms with Gasteiger partial charge in [0.1, 0.15) is 0 Å². The smallest absolute Gasteiger partial charge is 0.259 e. The fraction of sp³-hybridized carbons (Fsp3) is 0.0625. The topological polar surface area (TPSA) is 56.7 Å². The zero-order valence-corrected chi connectivity index (χ0v) is 12.4. The third-order valence-corrected chi connectivity index (χ3v) is 4.01. The van der Waals surface area contributed by atoms with E-state index < -0.39 is 0 Å². The minimum atomic E-state index is 0.554. The van der Waals surface area contributed by atoms with Gasteiger partial charge in [0.2, 0.25) is 5.82 Å². The van der Waals surface area contributed by atoms with E-state index >= 15 is 0 Å². The van der Waals surface area contributed by atoms with Crippen LogP contribution >= 0.6 is 11.3 Å². The predicted octanol–water partition coefficient (Wildman–Crippen LogP) is 3.71. The molecule has 108 valence electrons. The van der Waals surface area contributed by atoms with Crippen molar-refractivity contribution in [1.82, 2.24) is 19.7 Å². The highest BCUT2D eigenvalue weighted by Crippen LogP contribution is 2.24. The summed E-state index contributed by atoms with van der Waals surface area (Å²) in [6.07, 6.45) is 5.53. The van der Waals surface area contributed by atoms with Crippen LogP contribution in [-0.4, -0.2) is 19.7 Å². The highest BCUT2D eigenvalue weighted by molar-refractivity contribution is 7.08. The molecular formula is C16H12N4OS. The summed E-state index contributed by atoms with van der Waals surface area (Å²) in [5.41, 5.74) is 3.10. The van der Waals surface area contributed by atoms with Crippen molar-refractivity contribution in [2.45, 2.75) is 6.54 Å². The normalized spacial score (nSPS) is 10.9. The van der Waals surface area contributed by atoms with E-state index in [0.717, 1.165) is 17.7 Å². The van der Waals surface area contributed by atoms with E-state index in [0.29, 0.717) is 11.7 Å². The van der Waals surface area contributed by atoms with Gasteiger partial charge in [0.25, 0.3) is 5.89 Å². The van der Waals surface area contributed by atoms with Gasteiger partial charge in [0.15, 0.2) is 0 Å². The number of aromatic nitrogens is 4. The van der Waals surface area contributed by atoms with E-state index in [1.54, 1.807) is 23.9 Å². The number of imidazole rings is 1. The van der Waals surface area contributed by atoms with Crippen LogP contribution in [0.25, 0.3) is 22.8 Å². The first-order valence-electron chi connectivity index (χ1n) is 6.80. The molecule has 5 nitrogen and oxygen atoms in total. The van der Waals surface area contributed by atoms with Gasteiger partial charge in [-0.15, -0.1) is 0 Å². The van der Waals surface area contributed by atoms with Crippen molar-refractivity contribution < 1.29 is 4.52 Å². The molecule has 0 N–H and O–H groups in total. The van der Waals surface area contributed by atoms with Crippen LogP contribution in [0.3, 0.4) is 0 Å². The summed E-state index contributed by atoms with van der Waals surface area (Å²) in [5.74, 6) is 1.16. The van der Waals surface area contributed by atoms with Crippen molar-refractivity contribution in [3.05, 3.63) is 65.4 Å². The highest BCUT2D eigenvalue weighted by atomic mass is 32.1. The molecule has 0 radical (unpaired) electrons. The Hall–Kier alpha value is -2.73. The van der Waals surface area contributed by atoms with Crippen molar-refractivity contribution in [2.24, 2.45) is 0 Å². The Balaban J connectivity index is 1.56. The molecule has 4 aromatic rings. The van der Waals surface area contributed by atoms with E-state index in [4.69, 9.17) is 4.52 Å². The molecule has 0 spiro atoms. The fourth-order valence-corrected chi connectivity index (χ4v) is 2.82. The Kier molecular flexibility index (Phi) is 3.29. The lowest BCUT2D eigenvalue weighted by Gasteiger charge is -2.02. The van der Waals surface area contributed by atoms with Gasteiger partial charge in [-0.25, -0.2) is 4.98 Å². The maximum Gasteiger partial charge on any atom is 0.259 e. The van der Waals surface area contributed by atoms with Crippen LogP contribution in [-0.2, 0) is 6.54 Å². The maximum absolute atomic E-state index is 5.31.